The number of ether oxygens (including phenoxy) is 2. The second-order valence-corrected chi connectivity index (χ2v) is 7.22. The molecule has 33 heavy (non-hydrogen) atoms. The van der Waals surface area contributed by atoms with E-state index in [0.29, 0.717) is 28.3 Å². The number of aromatic nitrogens is 1. The van der Waals surface area contributed by atoms with Crippen molar-refractivity contribution in [1.29, 1.82) is 0 Å². The van der Waals surface area contributed by atoms with Crippen molar-refractivity contribution in [3.8, 4) is 11.5 Å². The standard InChI is InChI=1S/C24H24F3N3O3/c1-32-19-10-9-18(14-20(19)33-2)30(23(31)22(28)17-6-4-3-5-7-17)13-12-16-8-11-21(29-15-16)24(25,26)27/h3-11,14-15,22H,12-13,28H2,1-2H3/t22-/m0/s1. The third kappa shape index (κ3) is 5.81. The number of benzene rings is 2. The van der Waals surface area contributed by atoms with Gasteiger partial charge in [-0.15, -0.1) is 0 Å². The minimum absolute atomic E-state index is 0.169. The Morgan fingerprint density at radius 3 is 2.30 bits per heavy atom. The zero-order valence-electron chi connectivity index (χ0n) is 18.2. The molecule has 1 aromatic heterocycles. The zero-order valence-corrected chi connectivity index (χ0v) is 18.2. The van der Waals surface area contributed by atoms with Gasteiger partial charge in [-0.2, -0.15) is 13.2 Å². The van der Waals surface area contributed by atoms with E-state index >= 15 is 0 Å². The second kappa shape index (κ2) is 10.4. The summed E-state index contributed by atoms with van der Waals surface area (Å²) in [7, 11) is 2.99. The van der Waals surface area contributed by atoms with Gasteiger partial charge in [0, 0.05) is 24.5 Å². The van der Waals surface area contributed by atoms with Crippen LogP contribution in [0.4, 0.5) is 18.9 Å². The first-order chi connectivity index (χ1) is 15.7. The van der Waals surface area contributed by atoms with Gasteiger partial charge in [-0.25, -0.2) is 0 Å². The molecule has 2 N–H and O–H groups in total. The molecule has 0 spiro atoms. The number of alkyl halides is 3. The molecule has 0 saturated heterocycles. The number of anilines is 1. The highest BCUT2D eigenvalue weighted by Crippen LogP contribution is 2.33. The molecule has 9 heteroatoms. The molecule has 2 aromatic carbocycles. The third-order valence-electron chi connectivity index (χ3n) is 5.11. The highest BCUT2D eigenvalue weighted by Gasteiger charge is 2.32. The summed E-state index contributed by atoms with van der Waals surface area (Å²) in [6.45, 7) is 0.169. The highest BCUT2D eigenvalue weighted by atomic mass is 19.4. The predicted molar refractivity (Wildman–Crippen MR) is 118 cm³/mol. The molecule has 1 heterocycles. The van der Waals surface area contributed by atoms with Crippen molar-refractivity contribution in [2.75, 3.05) is 25.7 Å². The van der Waals surface area contributed by atoms with Crippen LogP contribution in [0.25, 0.3) is 0 Å². The van der Waals surface area contributed by atoms with Gasteiger partial charge in [0.25, 0.3) is 0 Å². The summed E-state index contributed by atoms with van der Waals surface area (Å²) in [6, 6.07) is 15.3. The van der Waals surface area contributed by atoms with Crippen molar-refractivity contribution in [3.63, 3.8) is 0 Å². The molecule has 174 valence electrons. The van der Waals surface area contributed by atoms with Gasteiger partial charge in [0.2, 0.25) is 5.91 Å². The quantitative estimate of drug-likeness (QED) is 0.541. The molecule has 1 atom stereocenters. The van der Waals surface area contributed by atoms with Crippen molar-refractivity contribution in [2.45, 2.75) is 18.6 Å². The van der Waals surface area contributed by atoms with Crippen LogP contribution < -0.4 is 20.1 Å². The Morgan fingerprint density at radius 1 is 1.03 bits per heavy atom. The van der Waals surface area contributed by atoms with E-state index in [1.54, 1.807) is 42.5 Å². The summed E-state index contributed by atoms with van der Waals surface area (Å²) in [6.07, 6.45) is -3.08. The lowest BCUT2D eigenvalue weighted by Crippen LogP contribution is -2.40. The maximum atomic E-state index is 13.4. The number of nitrogens with zero attached hydrogens (tertiary/aromatic N) is 2. The van der Waals surface area contributed by atoms with Crippen molar-refractivity contribution < 1.29 is 27.4 Å². The van der Waals surface area contributed by atoms with Gasteiger partial charge in [-0.05, 0) is 35.7 Å². The van der Waals surface area contributed by atoms with E-state index in [1.807, 2.05) is 6.07 Å². The fraction of sp³-hybridized carbons (Fsp3) is 0.250. The average molecular weight is 459 g/mol. The normalized spacial score (nSPS) is 12.2. The second-order valence-electron chi connectivity index (χ2n) is 7.22. The van der Waals surface area contributed by atoms with Crippen molar-refractivity contribution >= 4 is 11.6 Å². The van der Waals surface area contributed by atoms with Gasteiger partial charge in [-0.1, -0.05) is 36.4 Å². The summed E-state index contributed by atoms with van der Waals surface area (Å²) < 4.78 is 49.0. The molecular formula is C24H24F3N3O3. The van der Waals surface area contributed by atoms with E-state index in [1.165, 1.54) is 25.2 Å². The molecule has 1 amide bonds. The Labute approximate surface area is 189 Å². The molecule has 3 rings (SSSR count). The fourth-order valence-corrected chi connectivity index (χ4v) is 3.31. The van der Waals surface area contributed by atoms with Crippen LogP contribution >= 0.6 is 0 Å². The number of hydrogen-bond donors (Lipinski definition) is 1. The molecule has 0 bridgehead atoms. The van der Waals surface area contributed by atoms with Crippen LogP contribution in [0.3, 0.4) is 0 Å². The van der Waals surface area contributed by atoms with Gasteiger partial charge >= 0.3 is 6.18 Å². The molecule has 0 aliphatic carbocycles. The van der Waals surface area contributed by atoms with Gasteiger partial charge in [0.1, 0.15) is 11.7 Å². The Morgan fingerprint density at radius 2 is 1.73 bits per heavy atom. The van der Waals surface area contributed by atoms with Gasteiger partial charge < -0.3 is 20.1 Å². The smallest absolute Gasteiger partial charge is 0.433 e. The summed E-state index contributed by atoms with van der Waals surface area (Å²) in [5.74, 6) is 0.554. The van der Waals surface area contributed by atoms with Crippen molar-refractivity contribution in [3.05, 3.63) is 83.7 Å². The topological polar surface area (TPSA) is 77.7 Å². The molecular weight excluding hydrogens is 435 g/mol. The van der Waals surface area contributed by atoms with E-state index in [2.05, 4.69) is 4.98 Å². The molecule has 0 aliphatic rings. The summed E-state index contributed by atoms with van der Waals surface area (Å²) in [5, 5.41) is 0. The number of nitrogens with two attached hydrogens (primary N) is 1. The Kier molecular flexibility index (Phi) is 7.55. The van der Waals surface area contributed by atoms with Crippen molar-refractivity contribution in [2.24, 2.45) is 5.73 Å². The molecule has 3 aromatic rings. The van der Waals surface area contributed by atoms with E-state index in [0.717, 1.165) is 12.3 Å². The lowest BCUT2D eigenvalue weighted by atomic mass is 10.1. The van der Waals surface area contributed by atoms with E-state index in [-0.39, 0.29) is 18.9 Å². The van der Waals surface area contributed by atoms with Gasteiger partial charge in [0.05, 0.1) is 14.2 Å². The lowest BCUT2D eigenvalue weighted by molar-refractivity contribution is -0.141. The van der Waals surface area contributed by atoms with Crippen molar-refractivity contribution in [1.82, 2.24) is 4.98 Å². The number of carbonyl (C=O) groups excluding carboxylic acids is 1. The maximum absolute atomic E-state index is 13.4. The number of rotatable bonds is 8. The number of carbonyl (C=O) groups is 1. The van der Waals surface area contributed by atoms with Crippen LogP contribution in [-0.4, -0.2) is 31.7 Å². The number of halogens is 3. The Balaban J connectivity index is 1.89. The monoisotopic (exact) mass is 459 g/mol. The minimum atomic E-state index is -4.51. The number of pyridine rings is 1. The van der Waals surface area contributed by atoms with Crippen LogP contribution in [0.5, 0.6) is 11.5 Å². The molecule has 0 saturated carbocycles. The molecule has 6 nitrogen and oxygen atoms in total. The first kappa shape index (κ1) is 24.1. The first-order valence-corrected chi connectivity index (χ1v) is 10.1. The van der Waals surface area contributed by atoms with E-state index in [9.17, 15) is 18.0 Å². The molecule has 0 fully saturated rings. The van der Waals surface area contributed by atoms with Crippen LogP contribution in [-0.2, 0) is 17.4 Å². The van der Waals surface area contributed by atoms with Crippen LogP contribution in [0, 0.1) is 0 Å². The van der Waals surface area contributed by atoms with Crippen LogP contribution in [0.1, 0.15) is 22.9 Å². The minimum Gasteiger partial charge on any atom is -0.493 e. The van der Waals surface area contributed by atoms with Crippen LogP contribution in [0.2, 0.25) is 0 Å². The highest BCUT2D eigenvalue weighted by molar-refractivity contribution is 5.98. The third-order valence-corrected chi connectivity index (χ3v) is 5.11. The maximum Gasteiger partial charge on any atom is 0.433 e. The van der Waals surface area contributed by atoms with Crippen LogP contribution in [0.15, 0.2) is 66.9 Å². The van der Waals surface area contributed by atoms with Gasteiger partial charge in [0.15, 0.2) is 11.5 Å². The number of hydrogen-bond acceptors (Lipinski definition) is 5. The number of amides is 1. The molecule has 0 aliphatic heterocycles. The Hall–Kier alpha value is -3.59. The predicted octanol–water partition coefficient (Wildman–Crippen LogP) is 4.39. The average Bonchev–Trinajstić information content (AvgIpc) is 2.83. The van der Waals surface area contributed by atoms with E-state index in [4.69, 9.17) is 15.2 Å². The summed E-state index contributed by atoms with van der Waals surface area (Å²) in [4.78, 5) is 18.3. The summed E-state index contributed by atoms with van der Waals surface area (Å²) >= 11 is 0. The molecule has 0 unspecified atom stereocenters. The summed E-state index contributed by atoms with van der Waals surface area (Å²) in [5.41, 5.74) is 7.00. The number of methoxy groups -OCH3 is 2. The zero-order chi connectivity index (χ0) is 24.0. The molecule has 0 radical (unpaired) electrons. The largest absolute Gasteiger partial charge is 0.493 e. The first-order valence-electron chi connectivity index (χ1n) is 10.1. The van der Waals surface area contributed by atoms with E-state index < -0.39 is 17.9 Å². The van der Waals surface area contributed by atoms with Gasteiger partial charge in [-0.3, -0.25) is 9.78 Å². The fourth-order valence-electron chi connectivity index (χ4n) is 3.31. The SMILES string of the molecule is COc1ccc(N(CCc2ccc(C(F)(F)F)nc2)C(=O)[C@@H](N)c2ccccc2)cc1OC. The Bertz CT molecular complexity index is 1070. The lowest BCUT2D eigenvalue weighted by Gasteiger charge is -2.27.